The molecule has 3 amide bonds. The first-order valence-corrected chi connectivity index (χ1v) is 7.57. The van der Waals surface area contributed by atoms with E-state index in [1.54, 1.807) is 18.2 Å². The average Bonchev–Trinajstić information content (AvgIpc) is 2.92. The second-order valence-corrected chi connectivity index (χ2v) is 5.58. The number of nitrogens with zero attached hydrogens (tertiary/aromatic N) is 2. The maximum atomic E-state index is 12.3. The Morgan fingerprint density at radius 3 is 2.64 bits per heavy atom. The molecule has 0 atom stereocenters. The van der Waals surface area contributed by atoms with Crippen LogP contribution in [0.3, 0.4) is 0 Å². The Kier molecular flexibility index (Phi) is 5.72. The number of carboxylic acid groups (broad SMARTS) is 1. The van der Waals surface area contributed by atoms with Crippen molar-refractivity contribution < 1.29 is 19.5 Å². The number of carbonyl (C=O) groups excluding carboxylic acids is 2. The highest BCUT2D eigenvalue weighted by molar-refractivity contribution is 6.04. The molecule has 0 aliphatic carbocycles. The van der Waals surface area contributed by atoms with Crippen LogP contribution in [-0.4, -0.2) is 38.8 Å². The molecular weight excluding hydrogens is 326 g/mol. The Hall–Kier alpha value is -3.36. The third-order valence-corrected chi connectivity index (χ3v) is 2.98. The molecule has 9 nitrogen and oxygen atoms in total. The summed E-state index contributed by atoms with van der Waals surface area (Å²) >= 11 is 0. The molecule has 9 heteroatoms. The van der Waals surface area contributed by atoms with Gasteiger partial charge in [-0.25, -0.2) is 4.79 Å². The summed E-state index contributed by atoms with van der Waals surface area (Å²) in [5.41, 5.74) is 0.803. The van der Waals surface area contributed by atoms with E-state index < -0.39 is 11.9 Å². The minimum Gasteiger partial charge on any atom is -0.480 e. The zero-order valence-corrected chi connectivity index (χ0v) is 13.8. The summed E-state index contributed by atoms with van der Waals surface area (Å²) in [4.78, 5) is 34.6. The molecule has 4 N–H and O–H groups in total. The van der Waals surface area contributed by atoms with Crippen molar-refractivity contribution in [2.24, 2.45) is 0 Å². The monoisotopic (exact) mass is 345 g/mol. The van der Waals surface area contributed by atoms with Crippen LogP contribution in [0, 0.1) is 0 Å². The topological polar surface area (TPSA) is 125 Å². The number of hydrogen-bond donors (Lipinski definition) is 4. The molecule has 0 spiro atoms. The minimum absolute atomic E-state index is 0.00704. The first kappa shape index (κ1) is 18.0. The van der Waals surface area contributed by atoms with Gasteiger partial charge in [0.05, 0.1) is 0 Å². The van der Waals surface area contributed by atoms with Gasteiger partial charge < -0.3 is 21.1 Å². The van der Waals surface area contributed by atoms with Crippen molar-refractivity contribution in [1.29, 1.82) is 0 Å². The van der Waals surface area contributed by atoms with E-state index in [9.17, 15) is 14.4 Å². The number of nitrogens with one attached hydrogen (secondary N) is 3. The number of aromatic nitrogens is 2. The molecule has 0 fully saturated rings. The van der Waals surface area contributed by atoms with E-state index >= 15 is 0 Å². The third kappa shape index (κ3) is 5.65. The molecule has 0 bridgehead atoms. The number of urea groups is 1. The maximum absolute atomic E-state index is 12.3. The lowest BCUT2D eigenvalue weighted by molar-refractivity contribution is -0.137. The van der Waals surface area contributed by atoms with Gasteiger partial charge in [-0.15, -0.1) is 0 Å². The van der Waals surface area contributed by atoms with Crippen LogP contribution in [0.5, 0.6) is 0 Å². The van der Waals surface area contributed by atoms with E-state index in [0.717, 1.165) is 0 Å². The summed E-state index contributed by atoms with van der Waals surface area (Å²) in [6, 6.07) is 7.56. The van der Waals surface area contributed by atoms with Gasteiger partial charge in [-0.3, -0.25) is 14.3 Å². The van der Waals surface area contributed by atoms with Crippen LogP contribution in [0.1, 0.15) is 24.2 Å². The van der Waals surface area contributed by atoms with Crippen molar-refractivity contribution in [3.8, 4) is 0 Å². The Balaban J connectivity index is 2.02. The summed E-state index contributed by atoms with van der Waals surface area (Å²) in [6.45, 7) is 3.39. The minimum atomic E-state index is -1.03. The molecule has 1 aromatic carbocycles. The molecule has 0 aliphatic heterocycles. The Bertz CT molecular complexity index is 784. The van der Waals surface area contributed by atoms with Gasteiger partial charge in [-0.1, -0.05) is 6.07 Å². The quantitative estimate of drug-likeness (QED) is 0.635. The van der Waals surface area contributed by atoms with E-state index in [0.29, 0.717) is 11.3 Å². The Morgan fingerprint density at radius 1 is 1.20 bits per heavy atom. The first-order valence-electron chi connectivity index (χ1n) is 7.57. The molecule has 0 unspecified atom stereocenters. The summed E-state index contributed by atoms with van der Waals surface area (Å²) in [5, 5.41) is 20.6. The molecule has 2 aromatic rings. The van der Waals surface area contributed by atoms with Crippen LogP contribution in [0.4, 0.5) is 16.3 Å². The number of carboxylic acids is 1. The van der Waals surface area contributed by atoms with Crippen LogP contribution >= 0.6 is 0 Å². The molecule has 0 saturated heterocycles. The first-order chi connectivity index (χ1) is 11.8. The summed E-state index contributed by atoms with van der Waals surface area (Å²) in [5.74, 6) is -1.21. The predicted octanol–water partition coefficient (Wildman–Crippen LogP) is 1.75. The molecule has 1 heterocycles. The number of benzene rings is 1. The van der Waals surface area contributed by atoms with Crippen LogP contribution in [0.15, 0.2) is 36.5 Å². The van der Waals surface area contributed by atoms with E-state index in [1.807, 2.05) is 13.8 Å². The lowest BCUT2D eigenvalue weighted by Gasteiger charge is -2.11. The Labute approximate surface area is 144 Å². The second kappa shape index (κ2) is 7.95. The number of amides is 3. The van der Waals surface area contributed by atoms with Gasteiger partial charge in [0.1, 0.15) is 6.54 Å². The van der Waals surface area contributed by atoms with Crippen molar-refractivity contribution in [2.75, 3.05) is 10.6 Å². The number of hydrogen-bond acceptors (Lipinski definition) is 4. The zero-order valence-electron chi connectivity index (χ0n) is 13.8. The van der Waals surface area contributed by atoms with Gasteiger partial charge in [0.15, 0.2) is 5.82 Å². The number of carbonyl (C=O) groups is 3. The normalized spacial score (nSPS) is 10.4. The van der Waals surface area contributed by atoms with Crippen molar-refractivity contribution in [1.82, 2.24) is 15.1 Å². The van der Waals surface area contributed by atoms with Crippen LogP contribution in [-0.2, 0) is 11.3 Å². The van der Waals surface area contributed by atoms with Gasteiger partial charge in [0, 0.05) is 29.6 Å². The molecule has 132 valence electrons. The fraction of sp³-hybridized carbons (Fsp3) is 0.250. The van der Waals surface area contributed by atoms with Crippen LogP contribution < -0.4 is 16.0 Å². The fourth-order valence-corrected chi connectivity index (χ4v) is 2.01. The summed E-state index contributed by atoms with van der Waals surface area (Å²) in [6.07, 6.45) is 1.46. The lowest BCUT2D eigenvalue weighted by atomic mass is 10.2. The van der Waals surface area contributed by atoms with Crippen molar-refractivity contribution in [3.05, 3.63) is 42.1 Å². The SMILES string of the molecule is CC(C)NC(=O)Nc1cccc(C(=O)Nc2ccn(CC(=O)O)n2)c1. The summed E-state index contributed by atoms with van der Waals surface area (Å²) < 4.78 is 1.20. The highest BCUT2D eigenvalue weighted by Crippen LogP contribution is 2.13. The molecule has 0 radical (unpaired) electrons. The number of rotatable bonds is 6. The average molecular weight is 345 g/mol. The highest BCUT2D eigenvalue weighted by atomic mass is 16.4. The van der Waals surface area contributed by atoms with Gasteiger partial charge in [0.25, 0.3) is 5.91 Å². The smallest absolute Gasteiger partial charge is 0.325 e. The highest BCUT2D eigenvalue weighted by Gasteiger charge is 2.11. The Morgan fingerprint density at radius 2 is 1.96 bits per heavy atom. The zero-order chi connectivity index (χ0) is 18.4. The van der Waals surface area contributed by atoms with Gasteiger partial charge in [-0.2, -0.15) is 5.10 Å². The van der Waals surface area contributed by atoms with Gasteiger partial charge in [-0.05, 0) is 32.0 Å². The largest absolute Gasteiger partial charge is 0.480 e. The van der Waals surface area contributed by atoms with E-state index in [4.69, 9.17) is 5.11 Å². The van der Waals surface area contributed by atoms with Crippen molar-refractivity contribution in [2.45, 2.75) is 26.4 Å². The van der Waals surface area contributed by atoms with E-state index in [2.05, 4.69) is 21.0 Å². The number of anilines is 2. The second-order valence-electron chi connectivity index (χ2n) is 5.58. The van der Waals surface area contributed by atoms with Crippen molar-refractivity contribution >= 4 is 29.4 Å². The van der Waals surface area contributed by atoms with E-state index in [-0.39, 0.29) is 24.4 Å². The third-order valence-electron chi connectivity index (χ3n) is 2.98. The summed E-state index contributed by atoms with van der Waals surface area (Å²) in [7, 11) is 0. The lowest BCUT2D eigenvalue weighted by Crippen LogP contribution is -2.34. The fourth-order valence-electron chi connectivity index (χ4n) is 2.01. The van der Waals surface area contributed by atoms with Crippen LogP contribution in [0.25, 0.3) is 0 Å². The standard InChI is InChI=1S/C16H19N5O4/c1-10(2)17-16(25)18-12-5-3-4-11(8-12)15(24)19-13-6-7-21(20-13)9-14(22)23/h3-8,10H,9H2,1-2H3,(H,22,23)(H2,17,18,25)(H,19,20,24). The molecule has 1 aromatic heterocycles. The molecule has 25 heavy (non-hydrogen) atoms. The van der Waals surface area contributed by atoms with Crippen LogP contribution in [0.2, 0.25) is 0 Å². The number of aliphatic carboxylic acids is 1. The predicted molar refractivity (Wildman–Crippen MR) is 91.5 cm³/mol. The molecule has 0 saturated carbocycles. The molecular formula is C16H19N5O4. The van der Waals surface area contributed by atoms with Crippen molar-refractivity contribution in [3.63, 3.8) is 0 Å². The molecule has 2 rings (SSSR count). The maximum Gasteiger partial charge on any atom is 0.325 e. The molecule has 0 aliphatic rings. The van der Waals surface area contributed by atoms with Gasteiger partial charge in [0.2, 0.25) is 0 Å². The van der Waals surface area contributed by atoms with Gasteiger partial charge >= 0.3 is 12.0 Å². The van der Waals surface area contributed by atoms with E-state index in [1.165, 1.54) is 23.0 Å².